The molecule has 1 amide bonds. The number of carbonyl (C=O) groups excluding carboxylic acids is 1. The lowest BCUT2D eigenvalue weighted by Crippen LogP contribution is -2.25. The van der Waals surface area contributed by atoms with Crippen LogP contribution in [0.2, 0.25) is 5.02 Å². The molecule has 0 fully saturated rings. The number of fused-ring (bicyclic) bond motifs is 1. The minimum Gasteiger partial charge on any atom is -0.494 e. The fourth-order valence-electron chi connectivity index (χ4n) is 3.31. The van der Waals surface area contributed by atoms with Crippen LogP contribution in [0.4, 0.5) is 11.5 Å². The third-order valence-electron chi connectivity index (χ3n) is 4.72. The third-order valence-corrected chi connectivity index (χ3v) is 4.96. The lowest BCUT2D eigenvalue weighted by Gasteiger charge is -2.24. The molecule has 1 atom stereocenters. The standard InChI is InChI=1S/C22H19ClN4O4/c1-2-31-16-8-6-15(7-9-16)25-21(28)17-12-24-27-19(13-4-3-5-14(23)10-13)11-18(22(29)30)26-20(17)27/h3-12,19,26H,2H2,1H3,(H,25,28)(H,29,30)/t19-/m0/s1. The summed E-state index contributed by atoms with van der Waals surface area (Å²) in [6.07, 6.45) is 2.94. The molecule has 1 aliphatic rings. The Bertz CT molecular complexity index is 1170. The van der Waals surface area contributed by atoms with Gasteiger partial charge >= 0.3 is 5.97 Å². The van der Waals surface area contributed by atoms with E-state index in [0.717, 1.165) is 5.56 Å². The van der Waals surface area contributed by atoms with E-state index in [0.29, 0.717) is 23.1 Å². The highest BCUT2D eigenvalue weighted by Crippen LogP contribution is 2.33. The molecule has 2 heterocycles. The molecule has 31 heavy (non-hydrogen) atoms. The second kappa shape index (κ2) is 8.53. The van der Waals surface area contributed by atoms with E-state index >= 15 is 0 Å². The number of nitrogens with one attached hydrogen (secondary N) is 2. The molecule has 4 rings (SSSR count). The van der Waals surface area contributed by atoms with Crippen molar-refractivity contribution in [1.82, 2.24) is 9.78 Å². The summed E-state index contributed by atoms with van der Waals surface area (Å²) in [6, 6.07) is 13.5. The molecule has 0 saturated heterocycles. The maximum atomic E-state index is 12.9. The molecule has 0 bridgehead atoms. The number of amides is 1. The molecule has 1 aromatic heterocycles. The molecule has 0 saturated carbocycles. The van der Waals surface area contributed by atoms with Gasteiger partial charge in [0.2, 0.25) is 0 Å². The van der Waals surface area contributed by atoms with Gasteiger partial charge in [0.25, 0.3) is 5.91 Å². The summed E-state index contributed by atoms with van der Waals surface area (Å²) in [5, 5.41) is 20.0. The number of rotatable bonds is 6. The highest BCUT2D eigenvalue weighted by atomic mass is 35.5. The quantitative estimate of drug-likeness (QED) is 0.533. The molecule has 0 aliphatic carbocycles. The van der Waals surface area contributed by atoms with Crippen molar-refractivity contribution >= 4 is 35.0 Å². The van der Waals surface area contributed by atoms with Gasteiger partial charge in [-0.25, -0.2) is 9.48 Å². The molecular weight excluding hydrogens is 420 g/mol. The lowest BCUT2D eigenvalue weighted by molar-refractivity contribution is -0.132. The van der Waals surface area contributed by atoms with E-state index in [9.17, 15) is 14.7 Å². The molecule has 2 aromatic carbocycles. The van der Waals surface area contributed by atoms with E-state index in [1.165, 1.54) is 12.3 Å². The number of allylic oxidation sites excluding steroid dienone is 1. The zero-order chi connectivity index (χ0) is 22.0. The Morgan fingerprint density at radius 3 is 2.71 bits per heavy atom. The Hall–Kier alpha value is -3.78. The predicted octanol–water partition coefficient (Wildman–Crippen LogP) is 4.17. The number of carboxylic acid groups (broad SMARTS) is 1. The first kappa shape index (κ1) is 20.5. The van der Waals surface area contributed by atoms with E-state index < -0.39 is 17.9 Å². The van der Waals surface area contributed by atoms with Crippen molar-refractivity contribution in [3.63, 3.8) is 0 Å². The minimum absolute atomic E-state index is 0.0481. The van der Waals surface area contributed by atoms with Crippen LogP contribution < -0.4 is 15.4 Å². The van der Waals surface area contributed by atoms with Gasteiger partial charge in [0.15, 0.2) is 0 Å². The summed E-state index contributed by atoms with van der Waals surface area (Å²) in [4.78, 5) is 24.6. The van der Waals surface area contributed by atoms with Crippen molar-refractivity contribution in [3.05, 3.63) is 82.7 Å². The number of aliphatic carboxylic acids is 1. The van der Waals surface area contributed by atoms with E-state index in [4.69, 9.17) is 16.3 Å². The van der Waals surface area contributed by atoms with Crippen LogP contribution in [0.25, 0.3) is 0 Å². The highest BCUT2D eigenvalue weighted by Gasteiger charge is 2.29. The number of benzene rings is 2. The number of nitrogens with zero attached hydrogens (tertiary/aromatic N) is 2. The monoisotopic (exact) mass is 438 g/mol. The maximum Gasteiger partial charge on any atom is 0.352 e. The Labute approximate surface area is 183 Å². The van der Waals surface area contributed by atoms with E-state index in [1.807, 2.05) is 13.0 Å². The smallest absolute Gasteiger partial charge is 0.352 e. The topological polar surface area (TPSA) is 105 Å². The second-order valence-electron chi connectivity index (χ2n) is 6.77. The minimum atomic E-state index is -1.14. The average Bonchev–Trinajstić information content (AvgIpc) is 3.19. The van der Waals surface area contributed by atoms with Crippen molar-refractivity contribution in [3.8, 4) is 5.75 Å². The molecule has 9 heteroatoms. The fraction of sp³-hybridized carbons (Fsp3) is 0.136. The first-order valence-corrected chi connectivity index (χ1v) is 9.93. The van der Waals surface area contributed by atoms with Gasteiger partial charge in [-0.2, -0.15) is 5.10 Å². The zero-order valence-electron chi connectivity index (χ0n) is 16.5. The van der Waals surface area contributed by atoms with Gasteiger partial charge in [0, 0.05) is 10.7 Å². The van der Waals surface area contributed by atoms with Gasteiger partial charge in [-0.05, 0) is 55.0 Å². The molecule has 0 unspecified atom stereocenters. The summed E-state index contributed by atoms with van der Waals surface area (Å²) in [6.45, 7) is 2.44. The first-order valence-electron chi connectivity index (χ1n) is 9.55. The van der Waals surface area contributed by atoms with E-state index in [2.05, 4.69) is 15.7 Å². The number of carboxylic acids is 1. The van der Waals surface area contributed by atoms with Gasteiger partial charge in [0.1, 0.15) is 22.8 Å². The second-order valence-corrected chi connectivity index (χ2v) is 7.21. The summed E-state index contributed by atoms with van der Waals surface area (Å²) in [5.41, 5.74) is 1.49. The van der Waals surface area contributed by atoms with Crippen LogP contribution in [0.15, 0.2) is 66.5 Å². The zero-order valence-corrected chi connectivity index (χ0v) is 17.3. The molecule has 0 spiro atoms. The maximum absolute atomic E-state index is 12.9. The summed E-state index contributed by atoms with van der Waals surface area (Å²) in [7, 11) is 0. The lowest BCUT2D eigenvalue weighted by atomic mass is 10.0. The summed E-state index contributed by atoms with van der Waals surface area (Å²) in [5.74, 6) is -0.578. The molecule has 3 aromatic rings. The molecule has 0 radical (unpaired) electrons. The Kier molecular flexibility index (Phi) is 5.64. The normalized spacial score (nSPS) is 14.8. The van der Waals surface area contributed by atoms with E-state index in [1.54, 1.807) is 47.1 Å². The van der Waals surface area contributed by atoms with Crippen molar-refractivity contribution < 1.29 is 19.4 Å². The number of ether oxygens (including phenoxy) is 1. The fourth-order valence-corrected chi connectivity index (χ4v) is 3.51. The van der Waals surface area contributed by atoms with Crippen LogP contribution in [-0.4, -0.2) is 33.4 Å². The molecule has 8 nitrogen and oxygen atoms in total. The van der Waals surface area contributed by atoms with Crippen LogP contribution in [-0.2, 0) is 4.79 Å². The van der Waals surface area contributed by atoms with Crippen molar-refractivity contribution in [2.24, 2.45) is 0 Å². The Morgan fingerprint density at radius 2 is 2.03 bits per heavy atom. The van der Waals surface area contributed by atoms with Crippen LogP contribution >= 0.6 is 11.6 Å². The number of aromatic nitrogens is 2. The summed E-state index contributed by atoms with van der Waals surface area (Å²) >= 11 is 6.11. The molecule has 158 valence electrons. The first-order chi connectivity index (χ1) is 15.0. The van der Waals surface area contributed by atoms with Crippen molar-refractivity contribution in [2.75, 3.05) is 17.2 Å². The van der Waals surface area contributed by atoms with Crippen LogP contribution in [0.5, 0.6) is 5.75 Å². The van der Waals surface area contributed by atoms with Crippen LogP contribution in [0.1, 0.15) is 28.9 Å². The third kappa shape index (κ3) is 4.24. The number of halogens is 1. The van der Waals surface area contributed by atoms with Gasteiger partial charge < -0.3 is 20.5 Å². The summed E-state index contributed by atoms with van der Waals surface area (Å²) < 4.78 is 6.96. The number of hydrogen-bond acceptors (Lipinski definition) is 5. The number of anilines is 2. The van der Waals surface area contributed by atoms with Crippen molar-refractivity contribution in [2.45, 2.75) is 13.0 Å². The Balaban J connectivity index is 1.65. The largest absolute Gasteiger partial charge is 0.494 e. The Morgan fingerprint density at radius 1 is 1.26 bits per heavy atom. The number of hydrogen-bond donors (Lipinski definition) is 3. The van der Waals surface area contributed by atoms with Gasteiger partial charge in [-0.3, -0.25) is 4.79 Å². The van der Waals surface area contributed by atoms with Gasteiger partial charge in [0.05, 0.1) is 18.8 Å². The van der Waals surface area contributed by atoms with Crippen molar-refractivity contribution in [1.29, 1.82) is 0 Å². The van der Waals surface area contributed by atoms with Crippen LogP contribution in [0, 0.1) is 0 Å². The predicted molar refractivity (Wildman–Crippen MR) is 117 cm³/mol. The van der Waals surface area contributed by atoms with Crippen LogP contribution in [0.3, 0.4) is 0 Å². The SMILES string of the molecule is CCOc1ccc(NC(=O)c2cnn3c2NC(C(=O)O)=C[C@H]3c2cccc(Cl)c2)cc1. The highest BCUT2D eigenvalue weighted by molar-refractivity contribution is 6.30. The van der Waals surface area contributed by atoms with Gasteiger partial charge in [-0.15, -0.1) is 0 Å². The molecule has 3 N–H and O–H groups in total. The number of carbonyl (C=O) groups is 2. The average molecular weight is 439 g/mol. The molecule has 1 aliphatic heterocycles. The van der Waals surface area contributed by atoms with E-state index in [-0.39, 0.29) is 17.1 Å². The van der Waals surface area contributed by atoms with Gasteiger partial charge in [-0.1, -0.05) is 23.7 Å². The molecular formula is C22H19ClN4O4.